The fraction of sp³-hybridized carbons (Fsp3) is 0.267. The quantitative estimate of drug-likeness (QED) is 0.232. The third-order valence-corrected chi connectivity index (χ3v) is 6.99. The maximum Gasteiger partial charge on any atom is 0.295 e. The monoisotopic (exact) mass is 563 g/mol. The zero-order valence-electron chi connectivity index (χ0n) is 23.2. The van der Waals surface area contributed by atoms with E-state index in [0.717, 1.165) is 0 Å². The number of ether oxygens (including phenoxy) is 7. The average molecular weight is 564 g/mol. The van der Waals surface area contributed by atoms with Gasteiger partial charge in [-0.3, -0.25) is 9.59 Å². The lowest BCUT2D eigenvalue weighted by Crippen LogP contribution is -2.29. The molecule has 214 valence electrons. The van der Waals surface area contributed by atoms with Gasteiger partial charge < -0.3 is 43.2 Å². The van der Waals surface area contributed by atoms with Crippen LogP contribution in [0.5, 0.6) is 40.2 Å². The predicted octanol–water partition coefficient (Wildman–Crippen LogP) is 4.08. The molecule has 1 unspecified atom stereocenters. The Morgan fingerprint density at radius 2 is 1.46 bits per heavy atom. The number of hydrogen-bond donors (Lipinski definition) is 1. The van der Waals surface area contributed by atoms with Crippen molar-refractivity contribution < 1.29 is 47.9 Å². The summed E-state index contributed by atoms with van der Waals surface area (Å²) in [5.41, 5.74) is 1.31. The first-order valence-corrected chi connectivity index (χ1v) is 12.5. The molecular formula is C30H29NO10. The van der Waals surface area contributed by atoms with E-state index in [-0.39, 0.29) is 30.2 Å². The minimum Gasteiger partial charge on any atom is -0.507 e. The van der Waals surface area contributed by atoms with Gasteiger partial charge in [0.25, 0.3) is 11.7 Å². The highest BCUT2D eigenvalue weighted by Gasteiger charge is 2.46. The van der Waals surface area contributed by atoms with Crippen LogP contribution in [0.2, 0.25) is 0 Å². The van der Waals surface area contributed by atoms with Crippen molar-refractivity contribution in [2.24, 2.45) is 0 Å². The van der Waals surface area contributed by atoms with Gasteiger partial charge in [0.05, 0.1) is 47.2 Å². The fourth-order valence-electron chi connectivity index (χ4n) is 5.02. The van der Waals surface area contributed by atoms with Gasteiger partial charge in [-0.05, 0) is 53.6 Å². The molecule has 1 saturated heterocycles. The van der Waals surface area contributed by atoms with Crippen LogP contribution in [-0.4, -0.2) is 64.0 Å². The van der Waals surface area contributed by atoms with Crippen molar-refractivity contribution in [3.8, 4) is 40.2 Å². The molecule has 0 aromatic heterocycles. The van der Waals surface area contributed by atoms with Crippen molar-refractivity contribution >= 4 is 17.4 Å². The summed E-state index contributed by atoms with van der Waals surface area (Å²) >= 11 is 0. The third kappa shape index (κ3) is 4.79. The Balaban J connectivity index is 1.69. The van der Waals surface area contributed by atoms with Crippen LogP contribution in [0.15, 0.2) is 54.1 Å². The van der Waals surface area contributed by atoms with E-state index < -0.39 is 17.7 Å². The predicted molar refractivity (Wildman–Crippen MR) is 146 cm³/mol. The maximum atomic E-state index is 13.6. The second-order valence-electron chi connectivity index (χ2n) is 9.14. The molecule has 2 heterocycles. The van der Waals surface area contributed by atoms with Crippen molar-refractivity contribution in [1.82, 2.24) is 4.90 Å². The number of nitrogens with zero attached hydrogens (tertiary/aromatic N) is 1. The van der Waals surface area contributed by atoms with E-state index in [4.69, 9.17) is 33.2 Å². The molecule has 41 heavy (non-hydrogen) atoms. The Hall–Kier alpha value is -5.06. The van der Waals surface area contributed by atoms with Crippen molar-refractivity contribution in [2.75, 3.05) is 42.3 Å². The van der Waals surface area contributed by atoms with Crippen LogP contribution in [0.25, 0.3) is 5.76 Å². The fourth-order valence-corrected chi connectivity index (χ4v) is 5.02. The van der Waals surface area contributed by atoms with Crippen LogP contribution in [0.4, 0.5) is 0 Å². The van der Waals surface area contributed by atoms with Crippen LogP contribution in [0.1, 0.15) is 22.7 Å². The van der Waals surface area contributed by atoms with Gasteiger partial charge in [0.1, 0.15) is 5.76 Å². The minimum atomic E-state index is -1.01. The molecule has 1 atom stereocenters. The topological polar surface area (TPSA) is 122 Å². The van der Waals surface area contributed by atoms with Crippen molar-refractivity contribution in [3.05, 3.63) is 70.8 Å². The van der Waals surface area contributed by atoms with Gasteiger partial charge in [0.2, 0.25) is 12.5 Å². The summed E-state index contributed by atoms with van der Waals surface area (Å²) in [6.45, 7) is 0.130. The molecule has 3 aromatic carbocycles. The molecule has 1 fully saturated rings. The number of aliphatic hydroxyl groups is 1. The number of likely N-dealkylation sites (tertiary alicyclic amines) is 1. The van der Waals surface area contributed by atoms with E-state index in [9.17, 15) is 14.7 Å². The molecule has 2 aliphatic heterocycles. The average Bonchev–Trinajstić information content (AvgIpc) is 3.57. The normalized spacial score (nSPS) is 17.0. The number of carbonyl (C=O) groups is 2. The van der Waals surface area contributed by atoms with E-state index in [2.05, 4.69) is 0 Å². The van der Waals surface area contributed by atoms with Crippen LogP contribution in [0.3, 0.4) is 0 Å². The second kappa shape index (κ2) is 11.2. The van der Waals surface area contributed by atoms with Gasteiger partial charge in [-0.25, -0.2) is 0 Å². The number of rotatable bonds is 9. The SMILES string of the molecule is COc1ccc(/C(O)=C2\C(=O)C(=O)N(Cc3ccc4c(c3)OCO4)C2c2cc(OC)c(OC)c(OC)c2)cc1OC. The lowest BCUT2D eigenvalue weighted by molar-refractivity contribution is -0.140. The molecule has 0 aliphatic carbocycles. The molecular weight excluding hydrogens is 534 g/mol. The third-order valence-electron chi connectivity index (χ3n) is 6.99. The van der Waals surface area contributed by atoms with E-state index in [1.807, 2.05) is 0 Å². The molecule has 0 saturated carbocycles. The van der Waals surface area contributed by atoms with Gasteiger partial charge >= 0.3 is 0 Å². The number of benzene rings is 3. The van der Waals surface area contributed by atoms with Crippen molar-refractivity contribution in [3.63, 3.8) is 0 Å². The Labute approximate surface area is 236 Å². The molecule has 0 bridgehead atoms. The Morgan fingerprint density at radius 3 is 2.10 bits per heavy atom. The molecule has 11 nitrogen and oxygen atoms in total. The number of methoxy groups -OCH3 is 5. The molecule has 1 N–H and O–H groups in total. The molecule has 1 amide bonds. The first-order valence-electron chi connectivity index (χ1n) is 12.5. The molecule has 2 aliphatic rings. The number of hydrogen-bond acceptors (Lipinski definition) is 10. The zero-order chi connectivity index (χ0) is 29.3. The highest BCUT2D eigenvalue weighted by Crippen LogP contribution is 2.47. The molecule has 3 aromatic rings. The van der Waals surface area contributed by atoms with E-state index in [1.54, 1.807) is 42.5 Å². The minimum absolute atomic E-state index is 0.0330. The zero-order valence-corrected chi connectivity index (χ0v) is 23.2. The van der Waals surface area contributed by atoms with E-state index in [1.165, 1.54) is 46.5 Å². The summed E-state index contributed by atoms with van der Waals surface area (Å²) < 4.78 is 38.1. The van der Waals surface area contributed by atoms with Crippen LogP contribution >= 0.6 is 0 Å². The summed E-state index contributed by atoms with van der Waals surface area (Å²) in [7, 11) is 7.36. The summed E-state index contributed by atoms with van der Waals surface area (Å²) in [5, 5.41) is 11.5. The molecule has 0 radical (unpaired) electrons. The van der Waals surface area contributed by atoms with Crippen LogP contribution < -0.4 is 33.2 Å². The molecule has 5 rings (SSSR count). The Morgan fingerprint density at radius 1 is 0.805 bits per heavy atom. The summed E-state index contributed by atoms with van der Waals surface area (Å²) in [6, 6.07) is 12.3. The van der Waals surface area contributed by atoms with Gasteiger partial charge in [-0.2, -0.15) is 0 Å². The van der Waals surface area contributed by atoms with Crippen LogP contribution in [0, 0.1) is 0 Å². The standard InChI is InChI=1S/C30H29NO10/c1-35-19-9-7-17(11-21(19)36-2)27(32)25-26(18-12-23(37-3)29(39-5)24(13-18)38-4)31(30(34)28(25)33)14-16-6-8-20-22(10-16)41-15-40-20/h6-13,26,32H,14-15H2,1-5H3/b27-25+. The van der Waals surface area contributed by atoms with Gasteiger partial charge in [-0.1, -0.05) is 6.07 Å². The number of Topliss-reactive ketones (excluding diaryl/α,β-unsaturated/α-hetero) is 1. The highest BCUT2D eigenvalue weighted by molar-refractivity contribution is 6.46. The van der Waals surface area contributed by atoms with Crippen molar-refractivity contribution in [1.29, 1.82) is 0 Å². The maximum absolute atomic E-state index is 13.6. The Bertz CT molecular complexity index is 1520. The van der Waals surface area contributed by atoms with E-state index >= 15 is 0 Å². The first-order chi connectivity index (χ1) is 19.8. The number of ketones is 1. The number of fused-ring (bicyclic) bond motifs is 1. The first kappa shape index (κ1) is 27.5. The number of carbonyl (C=O) groups excluding carboxylic acids is 2. The summed E-state index contributed by atoms with van der Waals surface area (Å²) in [6.07, 6.45) is 0. The van der Waals surface area contributed by atoms with Crippen molar-refractivity contribution in [2.45, 2.75) is 12.6 Å². The Kier molecular flexibility index (Phi) is 7.52. The highest BCUT2D eigenvalue weighted by atomic mass is 16.7. The summed E-state index contributed by atoms with van der Waals surface area (Å²) in [5.74, 6) is 0.870. The van der Waals surface area contributed by atoms with Crippen LogP contribution in [-0.2, 0) is 16.1 Å². The van der Waals surface area contributed by atoms with E-state index in [0.29, 0.717) is 51.4 Å². The lowest BCUT2D eigenvalue weighted by atomic mass is 9.94. The summed E-state index contributed by atoms with van der Waals surface area (Å²) in [4.78, 5) is 28.6. The van der Waals surface area contributed by atoms with Gasteiger partial charge in [-0.15, -0.1) is 0 Å². The molecule has 0 spiro atoms. The lowest BCUT2D eigenvalue weighted by Gasteiger charge is -2.27. The van der Waals surface area contributed by atoms with Gasteiger partial charge in [0, 0.05) is 12.1 Å². The second-order valence-corrected chi connectivity index (χ2v) is 9.14. The number of aliphatic hydroxyl groups excluding tert-OH is 1. The molecule has 11 heteroatoms. The smallest absolute Gasteiger partial charge is 0.295 e. The van der Waals surface area contributed by atoms with Gasteiger partial charge in [0.15, 0.2) is 34.5 Å². The largest absolute Gasteiger partial charge is 0.507 e. The number of amides is 1.